The molecule has 2 saturated heterocycles. The highest BCUT2D eigenvalue weighted by Crippen LogP contribution is 2.39. The van der Waals surface area contributed by atoms with Gasteiger partial charge < -0.3 is 25.3 Å². The molecule has 3 heterocycles. The molecule has 1 unspecified atom stereocenters. The number of rotatable bonds is 10. The van der Waals surface area contributed by atoms with E-state index < -0.39 is 46.2 Å². The van der Waals surface area contributed by atoms with Crippen LogP contribution in [0.5, 0.6) is 0 Å². The lowest BCUT2D eigenvalue weighted by atomic mass is 9.87. The number of carbonyl (C=O) groups is 4. The number of hydrogen-bond donors (Lipinski definition) is 4. The summed E-state index contributed by atoms with van der Waals surface area (Å²) < 4.78 is 40.8. The van der Waals surface area contributed by atoms with Crippen LogP contribution in [0.2, 0.25) is 0 Å². The molecule has 2 aromatic rings. The van der Waals surface area contributed by atoms with Gasteiger partial charge in [0, 0.05) is 43.4 Å². The third-order valence-corrected chi connectivity index (χ3v) is 9.52. The Balaban J connectivity index is 0.000000316. The quantitative estimate of drug-likeness (QED) is 0.277. The summed E-state index contributed by atoms with van der Waals surface area (Å²) in [6.07, 6.45) is -1.79. The second kappa shape index (κ2) is 13.6. The van der Waals surface area contributed by atoms with Crippen LogP contribution in [0.4, 0.5) is 4.39 Å². The second-order valence-electron chi connectivity index (χ2n) is 10.3. The molecule has 3 atom stereocenters. The zero-order valence-electron chi connectivity index (χ0n) is 22.5. The lowest BCUT2D eigenvalue weighted by Gasteiger charge is -2.26. The van der Waals surface area contributed by atoms with Crippen LogP contribution < -0.4 is 0 Å². The average molecular weight is 631 g/mol. The number of carboxylic acid groups (broad SMARTS) is 3. The van der Waals surface area contributed by atoms with Gasteiger partial charge in [-0.05, 0) is 35.6 Å². The van der Waals surface area contributed by atoms with E-state index in [0.717, 1.165) is 11.3 Å². The maximum Gasteiger partial charge on any atom is 0.336 e. The number of hydrogen-bond acceptors (Lipinski definition) is 11. The first-order valence-corrected chi connectivity index (χ1v) is 15.4. The van der Waals surface area contributed by atoms with Crippen molar-refractivity contribution in [2.24, 2.45) is 0 Å². The molecule has 1 aromatic heterocycles. The van der Waals surface area contributed by atoms with Crippen LogP contribution in [0.1, 0.15) is 42.4 Å². The summed E-state index contributed by atoms with van der Waals surface area (Å²) in [6, 6.07) is 6.23. The maximum atomic E-state index is 13.4. The number of carbonyl (C=O) groups excluding carboxylic acids is 1. The zero-order valence-corrected chi connectivity index (χ0v) is 24.1. The molecule has 230 valence electrons. The van der Waals surface area contributed by atoms with Crippen LogP contribution in [0.3, 0.4) is 0 Å². The van der Waals surface area contributed by atoms with Crippen molar-refractivity contribution >= 4 is 45.2 Å². The van der Waals surface area contributed by atoms with Crippen LogP contribution in [0.15, 0.2) is 29.6 Å². The number of likely N-dealkylation sites (N-methyl/N-ethyl adjacent to an activating group) is 1. The second-order valence-corrected chi connectivity index (χ2v) is 13.2. The van der Waals surface area contributed by atoms with E-state index in [-0.39, 0.29) is 47.7 Å². The standard InChI is InChI=1S/C19H23FN4O3S2.C6H8O7/c1-23(15-6-7-29(26,27)12-15)19(25)10-24-8-16(13-2-4-14(20)5-3-13)17(9-24)18-11-28-22-21-18;7-3(8)1-6(13,5(11)12)2-4(9)10/h2-5,11,15-17H,6-10,12H2,1H3;13H,1-2H2,(H,7,8)(H,9,10)(H,11,12)/t15?,16-,17+;/m1./s1. The maximum absolute atomic E-state index is 13.4. The molecule has 2 fully saturated rings. The number of sulfone groups is 1. The molecule has 42 heavy (non-hydrogen) atoms. The summed E-state index contributed by atoms with van der Waals surface area (Å²) in [4.78, 5) is 46.9. The van der Waals surface area contributed by atoms with Gasteiger partial charge in [-0.2, -0.15) is 0 Å². The van der Waals surface area contributed by atoms with Crippen molar-refractivity contribution in [1.29, 1.82) is 0 Å². The predicted molar refractivity (Wildman–Crippen MR) is 145 cm³/mol. The highest BCUT2D eigenvalue weighted by molar-refractivity contribution is 7.91. The van der Waals surface area contributed by atoms with E-state index in [4.69, 9.17) is 20.4 Å². The molecule has 1 amide bonds. The topological polar surface area (TPSA) is 216 Å². The van der Waals surface area contributed by atoms with Gasteiger partial charge in [0.2, 0.25) is 5.91 Å². The van der Waals surface area contributed by atoms with Crippen LogP contribution in [0, 0.1) is 5.82 Å². The fourth-order valence-corrected chi connectivity index (χ4v) is 7.29. The molecule has 2 aliphatic rings. The van der Waals surface area contributed by atoms with Crippen molar-refractivity contribution < 1.29 is 52.4 Å². The summed E-state index contributed by atoms with van der Waals surface area (Å²) in [5.74, 6) is -5.03. The molecule has 17 heteroatoms. The normalized spacial score (nSPS) is 21.7. The minimum absolute atomic E-state index is 0.0422. The van der Waals surface area contributed by atoms with Gasteiger partial charge in [-0.1, -0.05) is 16.6 Å². The lowest BCUT2D eigenvalue weighted by Crippen LogP contribution is -2.43. The largest absolute Gasteiger partial charge is 0.481 e. The molecular weight excluding hydrogens is 599 g/mol. The van der Waals surface area contributed by atoms with E-state index in [0.29, 0.717) is 19.5 Å². The first kappa shape index (κ1) is 33.0. The van der Waals surface area contributed by atoms with Crippen LogP contribution in [-0.2, 0) is 29.0 Å². The molecular formula is C25H31FN4O10S2. The molecule has 2 aliphatic heterocycles. The van der Waals surface area contributed by atoms with Gasteiger partial charge in [-0.3, -0.25) is 19.3 Å². The smallest absolute Gasteiger partial charge is 0.336 e. The number of aliphatic carboxylic acids is 3. The van der Waals surface area contributed by atoms with E-state index in [1.807, 2.05) is 5.38 Å². The van der Waals surface area contributed by atoms with E-state index in [9.17, 15) is 32.0 Å². The minimum atomic E-state index is -3.04. The third kappa shape index (κ3) is 8.73. The summed E-state index contributed by atoms with van der Waals surface area (Å²) in [6.45, 7) is 1.52. The van der Waals surface area contributed by atoms with E-state index in [2.05, 4.69) is 14.5 Å². The fourth-order valence-electron chi connectivity index (χ4n) is 5.00. The highest BCUT2D eigenvalue weighted by Gasteiger charge is 2.41. The van der Waals surface area contributed by atoms with Gasteiger partial charge in [0.25, 0.3) is 0 Å². The Morgan fingerprint density at radius 3 is 2.14 bits per heavy atom. The van der Waals surface area contributed by atoms with Crippen LogP contribution in [0.25, 0.3) is 0 Å². The number of likely N-dealkylation sites (tertiary alicyclic amines) is 1. The molecule has 4 rings (SSSR count). The molecule has 0 aliphatic carbocycles. The number of halogens is 1. The molecule has 0 saturated carbocycles. The number of aliphatic hydroxyl groups is 1. The fraction of sp³-hybridized carbons (Fsp3) is 0.520. The molecule has 0 radical (unpaired) electrons. The Morgan fingerprint density at radius 1 is 1.07 bits per heavy atom. The zero-order chi connectivity index (χ0) is 31.2. The van der Waals surface area contributed by atoms with Gasteiger partial charge in [-0.15, -0.1) is 5.10 Å². The van der Waals surface area contributed by atoms with Crippen molar-refractivity contribution in [3.63, 3.8) is 0 Å². The van der Waals surface area contributed by atoms with Gasteiger partial charge in [-0.25, -0.2) is 17.6 Å². The molecule has 4 N–H and O–H groups in total. The molecule has 14 nitrogen and oxygen atoms in total. The summed E-state index contributed by atoms with van der Waals surface area (Å²) in [7, 11) is -1.36. The number of benzene rings is 1. The summed E-state index contributed by atoms with van der Waals surface area (Å²) in [5.41, 5.74) is -0.846. The number of nitrogens with zero attached hydrogens (tertiary/aromatic N) is 4. The van der Waals surface area contributed by atoms with Crippen LogP contribution in [-0.4, -0.2) is 122 Å². The number of aromatic nitrogens is 2. The van der Waals surface area contributed by atoms with Gasteiger partial charge in [0.15, 0.2) is 15.4 Å². The Bertz CT molecular complexity index is 1370. The first-order valence-electron chi connectivity index (χ1n) is 12.7. The Morgan fingerprint density at radius 2 is 1.67 bits per heavy atom. The van der Waals surface area contributed by atoms with Crippen molar-refractivity contribution in [3.8, 4) is 0 Å². The molecule has 0 spiro atoms. The van der Waals surface area contributed by atoms with E-state index in [1.54, 1.807) is 24.1 Å². The molecule has 1 aromatic carbocycles. The SMILES string of the molecule is CN(C(=O)CN1C[C@H](c2ccc(F)cc2)[C@@H](c2csnn2)C1)C1CCS(=O)(=O)C1.O=C(O)CC(O)(CC(=O)O)C(=O)O. The van der Waals surface area contributed by atoms with E-state index >= 15 is 0 Å². The number of amides is 1. The van der Waals surface area contributed by atoms with Gasteiger partial charge in [0.05, 0.1) is 36.6 Å². The Hall–Kier alpha value is -3.54. The monoisotopic (exact) mass is 630 g/mol. The van der Waals surface area contributed by atoms with E-state index in [1.165, 1.54) is 23.7 Å². The third-order valence-electron chi connectivity index (χ3n) is 7.24. The minimum Gasteiger partial charge on any atom is -0.481 e. The lowest BCUT2D eigenvalue weighted by molar-refractivity contribution is -0.170. The summed E-state index contributed by atoms with van der Waals surface area (Å²) in [5, 5.41) is 40.0. The highest BCUT2D eigenvalue weighted by atomic mass is 32.2. The Labute approximate surface area is 244 Å². The van der Waals surface area contributed by atoms with Crippen molar-refractivity contribution in [2.75, 3.05) is 38.2 Å². The summed E-state index contributed by atoms with van der Waals surface area (Å²) >= 11 is 1.29. The van der Waals surface area contributed by atoms with Gasteiger partial charge >= 0.3 is 17.9 Å². The average Bonchev–Trinajstić information content (AvgIpc) is 3.63. The van der Waals surface area contributed by atoms with Crippen molar-refractivity contribution in [1.82, 2.24) is 19.4 Å². The van der Waals surface area contributed by atoms with Crippen molar-refractivity contribution in [2.45, 2.75) is 42.7 Å². The Kier molecular flexibility index (Phi) is 10.7. The van der Waals surface area contributed by atoms with Gasteiger partial charge in [0.1, 0.15) is 5.82 Å². The number of carboxylic acids is 3. The first-order chi connectivity index (χ1) is 19.6. The predicted octanol–water partition coefficient (Wildman–Crippen LogP) is 0.257. The van der Waals surface area contributed by atoms with Crippen LogP contribution >= 0.6 is 11.5 Å². The van der Waals surface area contributed by atoms with Crippen molar-refractivity contribution in [3.05, 3.63) is 46.7 Å². The molecule has 0 bridgehead atoms.